The highest BCUT2D eigenvalue weighted by molar-refractivity contribution is 7.08. The molecule has 0 bridgehead atoms. The number of rotatable bonds is 7. The van der Waals surface area contributed by atoms with Crippen LogP contribution in [0.25, 0.3) is 11.0 Å². The number of imidazole rings is 1. The number of aromatic nitrogens is 2. The van der Waals surface area contributed by atoms with Crippen LogP contribution in [0, 0.1) is 11.7 Å². The number of piperidine rings is 1. The minimum atomic E-state index is -0.968. The summed E-state index contributed by atoms with van der Waals surface area (Å²) in [6.45, 7) is 4.22. The predicted octanol–water partition coefficient (Wildman–Crippen LogP) is 5.13. The van der Waals surface area contributed by atoms with Gasteiger partial charge in [-0.3, -0.25) is 9.59 Å². The molecule has 7 nitrogen and oxygen atoms in total. The van der Waals surface area contributed by atoms with Crippen molar-refractivity contribution in [1.82, 2.24) is 19.8 Å². The van der Waals surface area contributed by atoms with Gasteiger partial charge in [0.1, 0.15) is 23.6 Å². The lowest BCUT2D eigenvalue weighted by molar-refractivity contribution is -0.136. The van der Waals surface area contributed by atoms with Gasteiger partial charge in [-0.25, -0.2) is 9.37 Å². The zero-order valence-corrected chi connectivity index (χ0v) is 22.4. The Morgan fingerprint density at radius 3 is 2.56 bits per heavy atom. The summed E-state index contributed by atoms with van der Waals surface area (Å²) in [6.07, 6.45) is 1.88. The first kappa shape index (κ1) is 25.7. The summed E-state index contributed by atoms with van der Waals surface area (Å²) in [7, 11) is 0. The number of H-pyrrole nitrogens is 1. The van der Waals surface area contributed by atoms with Gasteiger partial charge in [0.05, 0.1) is 11.1 Å². The molecule has 2 aliphatic heterocycles. The van der Waals surface area contributed by atoms with Gasteiger partial charge in [-0.05, 0) is 90.0 Å². The number of carbonyl (C=O) groups is 2. The van der Waals surface area contributed by atoms with Crippen molar-refractivity contribution >= 4 is 34.2 Å². The van der Waals surface area contributed by atoms with Crippen LogP contribution in [0.3, 0.4) is 0 Å². The molecule has 2 N–H and O–H groups in total. The zero-order valence-electron chi connectivity index (χ0n) is 21.6. The maximum Gasteiger partial charge on any atom is 0.311 e. The van der Waals surface area contributed by atoms with Gasteiger partial charge in [-0.1, -0.05) is 18.2 Å². The van der Waals surface area contributed by atoms with E-state index in [1.54, 1.807) is 29.5 Å². The monoisotopic (exact) mass is 546 g/mol. The molecule has 202 valence electrons. The quantitative estimate of drug-likeness (QED) is 0.336. The van der Waals surface area contributed by atoms with Gasteiger partial charge in [0.2, 0.25) is 0 Å². The number of hydrogen-bond acceptors (Lipinski definition) is 5. The first-order chi connectivity index (χ1) is 18.9. The minimum Gasteiger partial charge on any atom is -0.481 e. The molecular weight excluding hydrogens is 515 g/mol. The van der Waals surface area contributed by atoms with Crippen LogP contribution in [0.4, 0.5) is 4.39 Å². The van der Waals surface area contributed by atoms with Crippen LogP contribution in [-0.2, 0) is 11.2 Å². The van der Waals surface area contributed by atoms with Gasteiger partial charge in [-0.2, -0.15) is 11.3 Å². The fourth-order valence-electron chi connectivity index (χ4n) is 6.25. The van der Waals surface area contributed by atoms with Crippen molar-refractivity contribution in [3.05, 3.63) is 87.6 Å². The number of amides is 1. The molecule has 6 rings (SSSR count). The molecule has 0 unspecified atom stereocenters. The van der Waals surface area contributed by atoms with Crippen molar-refractivity contribution in [2.45, 2.75) is 31.1 Å². The van der Waals surface area contributed by atoms with E-state index < -0.39 is 5.97 Å². The lowest BCUT2D eigenvalue weighted by Crippen LogP contribution is -2.38. The highest BCUT2D eigenvalue weighted by atomic mass is 32.1. The molecule has 2 aliphatic rings. The van der Waals surface area contributed by atoms with E-state index in [9.17, 15) is 14.0 Å². The van der Waals surface area contributed by atoms with Crippen molar-refractivity contribution in [1.29, 1.82) is 0 Å². The molecule has 2 aromatic carbocycles. The molecule has 2 aromatic heterocycles. The van der Waals surface area contributed by atoms with Crippen LogP contribution in [0.1, 0.15) is 52.0 Å². The molecule has 2 saturated heterocycles. The van der Waals surface area contributed by atoms with Crippen LogP contribution < -0.4 is 0 Å². The number of carboxylic acids is 1. The van der Waals surface area contributed by atoms with E-state index in [0.717, 1.165) is 32.5 Å². The smallest absolute Gasteiger partial charge is 0.311 e. The molecule has 2 atom stereocenters. The number of benzene rings is 2. The summed E-state index contributed by atoms with van der Waals surface area (Å²) < 4.78 is 13.4. The number of nitrogens with zero attached hydrogens (tertiary/aromatic N) is 3. The van der Waals surface area contributed by atoms with E-state index in [0.29, 0.717) is 47.3 Å². The molecule has 0 radical (unpaired) electrons. The number of carbonyl (C=O) groups excluding carboxylic acids is 1. The van der Waals surface area contributed by atoms with Gasteiger partial charge in [0, 0.05) is 25.6 Å². The lowest BCUT2D eigenvalue weighted by atomic mass is 9.87. The van der Waals surface area contributed by atoms with Crippen molar-refractivity contribution in [3.63, 3.8) is 0 Å². The summed E-state index contributed by atoms with van der Waals surface area (Å²) in [5.41, 5.74) is 4.20. The van der Waals surface area contributed by atoms with E-state index in [1.807, 2.05) is 29.2 Å². The number of fused-ring (bicyclic) bond motifs is 1. The van der Waals surface area contributed by atoms with Gasteiger partial charge >= 0.3 is 5.97 Å². The Hall–Kier alpha value is -3.56. The highest BCUT2D eigenvalue weighted by Gasteiger charge is 2.38. The second kappa shape index (κ2) is 10.9. The molecular formula is C30H31FN4O3S. The number of aliphatic carboxylic acids is 1. The average Bonchev–Trinajstić information content (AvgIpc) is 3.68. The Balaban J connectivity index is 1.17. The van der Waals surface area contributed by atoms with Gasteiger partial charge in [0.25, 0.3) is 5.91 Å². The Morgan fingerprint density at radius 2 is 1.85 bits per heavy atom. The summed E-state index contributed by atoms with van der Waals surface area (Å²) >= 11 is 1.68. The molecule has 4 heterocycles. The molecule has 0 saturated carbocycles. The third kappa shape index (κ3) is 5.46. The topological polar surface area (TPSA) is 89.5 Å². The van der Waals surface area contributed by atoms with Gasteiger partial charge < -0.3 is 19.9 Å². The zero-order chi connectivity index (χ0) is 26.9. The van der Waals surface area contributed by atoms with Crippen LogP contribution in [-0.4, -0.2) is 69.5 Å². The number of thiophene rings is 1. The molecule has 0 spiro atoms. The summed E-state index contributed by atoms with van der Waals surface area (Å²) in [6, 6.07) is 14.5. The predicted molar refractivity (Wildman–Crippen MR) is 149 cm³/mol. The Kier molecular flexibility index (Phi) is 7.18. The van der Waals surface area contributed by atoms with Crippen LogP contribution >= 0.6 is 11.3 Å². The standard InChI is InChI=1S/C30H31FN4O3S/c31-23-6-4-19(5-7-23)20-8-11-34(12-9-20)15-22-16-35(17-25(22)21-10-13-39-18-21)30(38)24-2-1-3-26-29(24)33-27(32-26)14-28(36)37/h1-7,10,13,18,20,22,25H,8-9,11-12,14-17H2,(H,32,33)(H,36,37)/t22-,25+/m1/s1. The second-order valence-electron chi connectivity index (χ2n) is 10.7. The first-order valence-corrected chi connectivity index (χ1v) is 14.4. The maximum atomic E-state index is 13.8. The number of aromatic amines is 1. The third-order valence-corrected chi connectivity index (χ3v) is 8.93. The molecule has 9 heteroatoms. The van der Waals surface area contributed by atoms with E-state index >= 15 is 0 Å². The number of hydrogen-bond donors (Lipinski definition) is 2. The third-order valence-electron chi connectivity index (χ3n) is 8.23. The fraction of sp³-hybridized carbons (Fsp3) is 0.367. The first-order valence-electron chi connectivity index (χ1n) is 13.4. The minimum absolute atomic E-state index is 0.0632. The van der Waals surface area contributed by atoms with Crippen molar-refractivity contribution < 1.29 is 19.1 Å². The Morgan fingerprint density at radius 1 is 1.05 bits per heavy atom. The van der Waals surface area contributed by atoms with Gasteiger partial charge in [0.15, 0.2) is 0 Å². The maximum absolute atomic E-state index is 13.8. The lowest BCUT2D eigenvalue weighted by Gasteiger charge is -2.34. The summed E-state index contributed by atoms with van der Waals surface area (Å²) in [5.74, 6) is 0.146. The van der Waals surface area contributed by atoms with Crippen molar-refractivity contribution in [3.8, 4) is 0 Å². The van der Waals surface area contributed by atoms with Crippen LogP contribution in [0.15, 0.2) is 59.3 Å². The highest BCUT2D eigenvalue weighted by Crippen LogP contribution is 2.37. The molecule has 39 heavy (non-hydrogen) atoms. The number of nitrogens with one attached hydrogen (secondary N) is 1. The second-order valence-corrected chi connectivity index (χ2v) is 11.5. The SMILES string of the molecule is O=C(O)Cc1nc2c(C(=O)N3C[C@@H](CN4CCC(c5ccc(F)cc5)CC4)[C@H](c4ccsc4)C3)cccc2[nH]1. The molecule has 4 aromatic rings. The van der Waals surface area contributed by atoms with E-state index in [4.69, 9.17) is 5.11 Å². The normalized spacial score (nSPS) is 20.6. The van der Waals surface area contributed by atoms with E-state index in [-0.39, 0.29) is 24.1 Å². The number of para-hydroxylation sites is 1. The Labute approximate surface area is 230 Å². The van der Waals surface area contributed by atoms with Crippen molar-refractivity contribution in [2.24, 2.45) is 5.92 Å². The van der Waals surface area contributed by atoms with Crippen LogP contribution in [0.2, 0.25) is 0 Å². The van der Waals surface area contributed by atoms with Crippen LogP contribution in [0.5, 0.6) is 0 Å². The van der Waals surface area contributed by atoms with Gasteiger partial charge in [-0.15, -0.1) is 0 Å². The average molecular weight is 547 g/mol. The molecule has 0 aliphatic carbocycles. The van der Waals surface area contributed by atoms with E-state index in [1.165, 1.54) is 11.1 Å². The number of carboxylic acid groups (broad SMARTS) is 1. The van der Waals surface area contributed by atoms with Crippen molar-refractivity contribution in [2.75, 3.05) is 32.7 Å². The van der Waals surface area contributed by atoms with E-state index in [2.05, 4.69) is 31.7 Å². The number of halogens is 1. The summed E-state index contributed by atoms with van der Waals surface area (Å²) in [5, 5.41) is 13.4. The largest absolute Gasteiger partial charge is 0.481 e. The fourth-order valence-corrected chi connectivity index (χ4v) is 6.98. The molecule has 1 amide bonds. The summed E-state index contributed by atoms with van der Waals surface area (Å²) in [4.78, 5) is 36.9. The number of likely N-dealkylation sites (tertiary alicyclic amines) is 2. The Bertz CT molecular complexity index is 1460. The molecule has 2 fully saturated rings.